The summed E-state index contributed by atoms with van der Waals surface area (Å²) in [5, 5.41) is 12.8. The summed E-state index contributed by atoms with van der Waals surface area (Å²) in [6, 6.07) is -0.0460. The maximum absolute atomic E-state index is 12.3. The number of hydrogen-bond donors (Lipinski definition) is 2. The fourth-order valence-electron chi connectivity index (χ4n) is 3.07. The van der Waals surface area contributed by atoms with Gasteiger partial charge in [-0.15, -0.1) is 11.3 Å². The lowest BCUT2D eigenvalue weighted by Crippen LogP contribution is -2.41. The summed E-state index contributed by atoms with van der Waals surface area (Å²) >= 11 is 1.64. The lowest BCUT2D eigenvalue weighted by Gasteiger charge is -2.30. The van der Waals surface area contributed by atoms with Crippen molar-refractivity contribution < 1.29 is 9.90 Å². The largest absolute Gasteiger partial charge is 0.396 e. The van der Waals surface area contributed by atoms with Gasteiger partial charge >= 0.3 is 6.03 Å². The summed E-state index contributed by atoms with van der Waals surface area (Å²) < 4.78 is 0. The fraction of sp³-hybridized carbons (Fsp3) is 0.733. The summed E-state index contributed by atoms with van der Waals surface area (Å²) in [6.07, 6.45) is 7.64. The zero-order valence-corrected chi connectivity index (χ0v) is 13.1. The van der Waals surface area contributed by atoms with Crippen LogP contribution >= 0.6 is 11.3 Å². The van der Waals surface area contributed by atoms with E-state index in [4.69, 9.17) is 5.11 Å². The Morgan fingerprint density at radius 1 is 1.29 bits per heavy atom. The topological polar surface area (TPSA) is 65.5 Å². The second-order valence-corrected chi connectivity index (χ2v) is 7.08. The molecule has 1 aromatic rings. The standard InChI is InChI=1S/C15H23N3O2S/c19-10-11-6-8-18(9-7-11)15(20)17-14-16-12-4-2-1-3-5-13(12)21-14/h11,19H,1-10H2,(H,16,17,20). The van der Waals surface area contributed by atoms with Crippen LogP contribution in [0.3, 0.4) is 0 Å². The highest BCUT2D eigenvalue weighted by molar-refractivity contribution is 7.15. The van der Waals surface area contributed by atoms with Crippen LogP contribution in [0.25, 0.3) is 0 Å². The monoisotopic (exact) mass is 309 g/mol. The first-order valence-electron chi connectivity index (χ1n) is 7.91. The van der Waals surface area contributed by atoms with Gasteiger partial charge in [-0.2, -0.15) is 0 Å². The number of hydrogen-bond acceptors (Lipinski definition) is 4. The van der Waals surface area contributed by atoms with Crippen molar-refractivity contribution in [3.63, 3.8) is 0 Å². The number of nitrogens with zero attached hydrogens (tertiary/aromatic N) is 2. The number of aliphatic hydroxyl groups is 1. The molecule has 2 aliphatic rings. The quantitative estimate of drug-likeness (QED) is 0.825. The van der Waals surface area contributed by atoms with E-state index < -0.39 is 0 Å². The van der Waals surface area contributed by atoms with Gasteiger partial charge in [0.1, 0.15) is 0 Å². The van der Waals surface area contributed by atoms with E-state index in [0.29, 0.717) is 5.92 Å². The number of aromatic nitrogens is 1. The van der Waals surface area contributed by atoms with Gasteiger partial charge in [-0.3, -0.25) is 5.32 Å². The number of aryl methyl sites for hydroxylation is 2. The van der Waals surface area contributed by atoms with E-state index in [2.05, 4.69) is 10.3 Å². The molecule has 2 N–H and O–H groups in total. The zero-order chi connectivity index (χ0) is 14.7. The summed E-state index contributed by atoms with van der Waals surface area (Å²) in [5.41, 5.74) is 1.19. The van der Waals surface area contributed by atoms with Gasteiger partial charge in [0.05, 0.1) is 5.69 Å². The maximum atomic E-state index is 12.3. The van der Waals surface area contributed by atoms with Crippen molar-refractivity contribution >= 4 is 22.5 Å². The number of likely N-dealkylation sites (tertiary alicyclic amines) is 1. The first-order valence-corrected chi connectivity index (χ1v) is 8.73. The van der Waals surface area contributed by atoms with Crippen LogP contribution in [0.5, 0.6) is 0 Å². The van der Waals surface area contributed by atoms with E-state index in [1.54, 1.807) is 11.3 Å². The third-order valence-electron chi connectivity index (χ3n) is 4.47. The Labute approximate surface area is 129 Å². The van der Waals surface area contributed by atoms with Crippen molar-refractivity contribution in [3.05, 3.63) is 10.6 Å². The smallest absolute Gasteiger partial charge is 0.323 e. The van der Waals surface area contributed by atoms with Crippen molar-refractivity contribution in [2.24, 2.45) is 5.92 Å². The highest BCUT2D eigenvalue weighted by Crippen LogP contribution is 2.29. The molecule has 116 valence electrons. The molecule has 1 aromatic heterocycles. The number of rotatable bonds is 2. The second kappa shape index (κ2) is 6.75. The van der Waals surface area contributed by atoms with Crippen LogP contribution < -0.4 is 5.32 Å². The van der Waals surface area contributed by atoms with Crippen molar-refractivity contribution in [3.8, 4) is 0 Å². The van der Waals surface area contributed by atoms with E-state index in [1.807, 2.05) is 4.90 Å². The highest BCUT2D eigenvalue weighted by atomic mass is 32.1. The van der Waals surface area contributed by atoms with Crippen LogP contribution in [-0.2, 0) is 12.8 Å². The number of carbonyl (C=O) groups is 1. The second-order valence-electron chi connectivity index (χ2n) is 5.99. The molecule has 0 unspecified atom stereocenters. The summed E-state index contributed by atoms with van der Waals surface area (Å²) in [5.74, 6) is 0.352. The number of aliphatic hydroxyl groups excluding tert-OH is 1. The number of thiazole rings is 1. The van der Waals surface area contributed by atoms with Gasteiger partial charge in [-0.05, 0) is 44.4 Å². The normalized spacial score (nSPS) is 20.0. The van der Waals surface area contributed by atoms with Crippen molar-refractivity contribution in [1.82, 2.24) is 9.88 Å². The Morgan fingerprint density at radius 2 is 2.05 bits per heavy atom. The molecule has 6 heteroatoms. The molecule has 5 nitrogen and oxygen atoms in total. The van der Waals surface area contributed by atoms with Crippen LogP contribution in [-0.4, -0.2) is 40.7 Å². The van der Waals surface area contributed by atoms with E-state index in [-0.39, 0.29) is 12.6 Å². The molecule has 2 amide bonds. The average molecular weight is 309 g/mol. The Balaban J connectivity index is 1.58. The van der Waals surface area contributed by atoms with E-state index in [0.717, 1.165) is 43.9 Å². The first-order chi connectivity index (χ1) is 10.3. The van der Waals surface area contributed by atoms with Gasteiger partial charge < -0.3 is 10.0 Å². The molecule has 2 heterocycles. The lowest BCUT2D eigenvalue weighted by atomic mass is 9.98. The number of piperidine rings is 1. The van der Waals surface area contributed by atoms with Gasteiger partial charge in [-0.1, -0.05) is 6.42 Å². The van der Waals surface area contributed by atoms with Crippen LogP contribution in [0.4, 0.5) is 9.93 Å². The lowest BCUT2D eigenvalue weighted by molar-refractivity contribution is 0.143. The van der Waals surface area contributed by atoms with E-state index >= 15 is 0 Å². The maximum Gasteiger partial charge on any atom is 0.323 e. The summed E-state index contributed by atoms with van der Waals surface area (Å²) in [7, 11) is 0. The molecule has 0 bridgehead atoms. The number of urea groups is 1. The molecular weight excluding hydrogens is 286 g/mol. The van der Waals surface area contributed by atoms with Gasteiger partial charge in [0.25, 0.3) is 0 Å². The minimum Gasteiger partial charge on any atom is -0.396 e. The minimum atomic E-state index is -0.0460. The van der Waals surface area contributed by atoms with Gasteiger partial charge in [0, 0.05) is 24.6 Å². The fourth-order valence-corrected chi connectivity index (χ4v) is 4.11. The highest BCUT2D eigenvalue weighted by Gasteiger charge is 2.23. The third-order valence-corrected chi connectivity index (χ3v) is 5.54. The number of anilines is 1. The summed E-state index contributed by atoms with van der Waals surface area (Å²) in [4.78, 5) is 20.0. The molecule has 1 saturated heterocycles. The number of fused-ring (bicyclic) bond motifs is 1. The van der Waals surface area contributed by atoms with Gasteiger partial charge in [0.15, 0.2) is 5.13 Å². The Hall–Kier alpha value is -1.14. The van der Waals surface area contributed by atoms with Crippen LogP contribution in [0.2, 0.25) is 0 Å². The van der Waals surface area contributed by atoms with Crippen molar-refractivity contribution in [1.29, 1.82) is 0 Å². The molecule has 0 spiro atoms. The Kier molecular flexibility index (Phi) is 4.75. The molecular formula is C15H23N3O2S. The predicted molar refractivity (Wildman–Crippen MR) is 83.8 cm³/mol. The van der Waals surface area contributed by atoms with Crippen molar-refractivity contribution in [2.75, 3.05) is 25.0 Å². The molecule has 1 aliphatic heterocycles. The molecule has 0 atom stereocenters. The molecule has 0 aromatic carbocycles. The van der Waals surface area contributed by atoms with Gasteiger partial charge in [-0.25, -0.2) is 9.78 Å². The van der Waals surface area contributed by atoms with Crippen molar-refractivity contribution in [2.45, 2.75) is 44.9 Å². The third kappa shape index (κ3) is 3.55. The molecule has 3 rings (SSSR count). The van der Waals surface area contributed by atoms with Crippen LogP contribution in [0.1, 0.15) is 42.7 Å². The molecule has 0 saturated carbocycles. The molecule has 1 fully saturated rings. The Morgan fingerprint density at radius 3 is 2.81 bits per heavy atom. The number of amides is 2. The van der Waals surface area contributed by atoms with Gasteiger partial charge in [0.2, 0.25) is 0 Å². The van der Waals surface area contributed by atoms with E-state index in [1.165, 1.54) is 29.8 Å². The average Bonchev–Trinajstić information content (AvgIpc) is 2.76. The molecule has 0 radical (unpaired) electrons. The van der Waals surface area contributed by atoms with Crippen LogP contribution in [0.15, 0.2) is 0 Å². The molecule has 1 aliphatic carbocycles. The zero-order valence-electron chi connectivity index (χ0n) is 12.3. The van der Waals surface area contributed by atoms with E-state index in [9.17, 15) is 4.79 Å². The minimum absolute atomic E-state index is 0.0460. The first kappa shape index (κ1) is 14.8. The number of nitrogens with one attached hydrogen (secondary N) is 1. The summed E-state index contributed by atoms with van der Waals surface area (Å²) in [6.45, 7) is 1.68. The molecule has 21 heavy (non-hydrogen) atoms. The predicted octanol–water partition coefficient (Wildman–Crippen LogP) is 2.65. The van der Waals surface area contributed by atoms with Crippen LogP contribution in [0, 0.1) is 5.92 Å². The SMILES string of the molecule is O=C(Nc1nc2c(s1)CCCCC2)N1CCC(CO)CC1. The number of carbonyl (C=O) groups excluding carboxylic acids is 1. The Bertz CT molecular complexity index is 472.